The van der Waals surface area contributed by atoms with E-state index in [-0.39, 0.29) is 36.3 Å². The number of nitrogens with two attached hydrogens (primary N) is 1. The van der Waals surface area contributed by atoms with Gasteiger partial charge in [0.05, 0.1) is 6.10 Å². The summed E-state index contributed by atoms with van der Waals surface area (Å²) in [4.78, 5) is 28.0. The summed E-state index contributed by atoms with van der Waals surface area (Å²) in [6, 6.07) is 10.5. The third-order valence-corrected chi connectivity index (χ3v) is 6.90. The van der Waals surface area contributed by atoms with Gasteiger partial charge in [-0.05, 0) is 38.3 Å². The number of carbonyl (C=O) groups is 2. The summed E-state index contributed by atoms with van der Waals surface area (Å²) >= 11 is 0. The average Bonchev–Trinajstić information content (AvgIpc) is 2.92. The van der Waals surface area contributed by atoms with E-state index in [0.717, 1.165) is 45.4 Å². The molecule has 0 aromatic heterocycles. The van der Waals surface area contributed by atoms with E-state index in [9.17, 15) is 14.7 Å². The second-order valence-electron chi connectivity index (χ2n) is 8.94. The van der Waals surface area contributed by atoms with Crippen LogP contribution in [0, 0.1) is 0 Å². The summed E-state index contributed by atoms with van der Waals surface area (Å²) in [6.45, 7) is 4.55. The molecule has 7 nitrogen and oxygen atoms in total. The number of aliphatic hydroxyl groups is 1. The number of rotatable bonds is 7. The van der Waals surface area contributed by atoms with Crippen LogP contribution in [-0.4, -0.2) is 78.6 Å². The smallest absolute Gasteiger partial charge is 0.220 e. The fourth-order valence-corrected chi connectivity index (χ4v) is 4.89. The Morgan fingerprint density at radius 2 is 1.77 bits per heavy atom. The molecule has 7 heteroatoms. The van der Waals surface area contributed by atoms with Crippen molar-refractivity contribution in [1.82, 2.24) is 15.1 Å². The Labute approximate surface area is 179 Å². The van der Waals surface area contributed by atoms with Crippen LogP contribution in [-0.2, 0) is 15.0 Å². The van der Waals surface area contributed by atoms with E-state index in [1.165, 1.54) is 5.56 Å². The molecule has 1 aliphatic carbocycles. The molecule has 3 rings (SSSR count). The van der Waals surface area contributed by atoms with Gasteiger partial charge in [-0.3, -0.25) is 14.5 Å². The van der Waals surface area contributed by atoms with Crippen molar-refractivity contribution >= 4 is 11.8 Å². The summed E-state index contributed by atoms with van der Waals surface area (Å²) in [5, 5.41) is 14.0. The predicted molar refractivity (Wildman–Crippen MR) is 117 cm³/mol. The molecule has 2 amide bonds. The molecular weight excluding hydrogens is 380 g/mol. The maximum absolute atomic E-state index is 12.3. The van der Waals surface area contributed by atoms with Gasteiger partial charge >= 0.3 is 0 Å². The van der Waals surface area contributed by atoms with E-state index in [4.69, 9.17) is 5.73 Å². The fraction of sp³-hybridized carbons (Fsp3) is 0.652. The quantitative estimate of drug-likeness (QED) is 0.573. The number of benzene rings is 1. The van der Waals surface area contributed by atoms with Crippen molar-refractivity contribution in [2.75, 3.05) is 39.8 Å². The molecule has 2 aliphatic rings. The highest BCUT2D eigenvalue weighted by molar-refractivity contribution is 5.82. The Bertz CT molecular complexity index is 706. The molecule has 1 aromatic carbocycles. The van der Waals surface area contributed by atoms with Crippen molar-refractivity contribution in [2.24, 2.45) is 5.73 Å². The largest absolute Gasteiger partial charge is 0.391 e. The third kappa shape index (κ3) is 5.80. The third-order valence-electron chi connectivity index (χ3n) is 6.90. The number of nitrogens with one attached hydrogen (secondary N) is 1. The van der Waals surface area contributed by atoms with E-state index in [1.807, 2.05) is 18.2 Å². The van der Waals surface area contributed by atoms with Gasteiger partial charge in [0, 0.05) is 57.0 Å². The van der Waals surface area contributed by atoms with E-state index >= 15 is 0 Å². The number of likely N-dealkylation sites (N-methyl/N-ethyl adjacent to an activating group) is 1. The SMILES string of the molecule is CN1CCN([C@H]2CC[C@](CNC(=O)CCC(N)=O)(c3ccccc3)CC[C@@H]2O)CC1. The van der Waals surface area contributed by atoms with Crippen LogP contribution >= 0.6 is 0 Å². The van der Waals surface area contributed by atoms with Crippen LogP contribution in [0.15, 0.2) is 30.3 Å². The van der Waals surface area contributed by atoms with Crippen molar-refractivity contribution in [1.29, 1.82) is 0 Å². The van der Waals surface area contributed by atoms with Gasteiger partial charge in [-0.1, -0.05) is 30.3 Å². The Hall–Kier alpha value is -1.96. The molecule has 1 saturated heterocycles. The standard InChI is InChI=1S/C23H36N4O3/c1-26-13-15-27(16-14-26)19-9-11-23(12-10-20(19)28,18-5-3-2-4-6-18)17-25-22(30)8-7-21(24)29/h2-6,19-20,28H,7-17H2,1H3,(H2,24,29)(H,25,30)/t19-,20-,23-/m0/s1. The van der Waals surface area contributed by atoms with E-state index < -0.39 is 5.91 Å². The number of carbonyl (C=O) groups excluding carboxylic acids is 2. The lowest BCUT2D eigenvalue weighted by atomic mass is 9.74. The average molecular weight is 417 g/mol. The summed E-state index contributed by atoms with van der Waals surface area (Å²) in [7, 11) is 2.14. The van der Waals surface area contributed by atoms with Crippen molar-refractivity contribution in [3.05, 3.63) is 35.9 Å². The minimum absolute atomic E-state index is 0.0639. The molecule has 3 atom stereocenters. The lowest BCUT2D eigenvalue weighted by Gasteiger charge is -2.39. The Kier molecular flexibility index (Phi) is 7.86. The molecule has 1 aliphatic heterocycles. The molecular formula is C23H36N4O3. The molecule has 1 saturated carbocycles. The minimum Gasteiger partial charge on any atom is -0.391 e. The number of aliphatic hydroxyl groups excluding tert-OH is 1. The fourth-order valence-electron chi connectivity index (χ4n) is 4.89. The second kappa shape index (κ2) is 10.4. The first-order valence-corrected chi connectivity index (χ1v) is 11.1. The summed E-state index contributed by atoms with van der Waals surface area (Å²) < 4.78 is 0. The first-order chi connectivity index (χ1) is 14.4. The molecule has 166 valence electrons. The van der Waals surface area contributed by atoms with Crippen LogP contribution in [0.3, 0.4) is 0 Å². The number of hydrogen-bond acceptors (Lipinski definition) is 5. The molecule has 1 aromatic rings. The Morgan fingerprint density at radius 1 is 1.10 bits per heavy atom. The number of primary amides is 1. The normalized spacial score (nSPS) is 28.6. The number of hydrogen-bond donors (Lipinski definition) is 3. The monoisotopic (exact) mass is 416 g/mol. The topological polar surface area (TPSA) is 98.9 Å². The number of piperazine rings is 1. The summed E-state index contributed by atoms with van der Waals surface area (Å²) in [6.07, 6.45) is 3.16. The molecule has 4 N–H and O–H groups in total. The van der Waals surface area contributed by atoms with Crippen LogP contribution in [0.1, 0.15) is 44.1 Å². The Morgan fingerprint density at radius 3 is 2.43 bits per heavy atom. The zero-order valence-corrected chi connectivity index (χ0v) is 18.1. The van der Waals surface area contributed by atoms with Gasteiger partial charge in [0.15, 0.2) is 0 Å². The molecule has 0 radical (unpaired) electrons. The summed E-state index contributed by atoms with van der Waals surface area (Å²) in [5.41, 5.74) is 6.16. The molecule has 2 fully saturated rings. The van der Waals surface area contributed by atoms with Gasteiger partial charge in [-0.2, -0.15) is 0 Å². The van der Waals surface area contributed by atoms with Gasteiger partial charge in [0.2, 0.25) is 11.8 Å². The highest BCUT2D eigenvalue weighted by Crippen LogP contribution is 2.39. The maximum Gasteiger partial charge on any atom is 0.220 e. The number of amides is 2. The predicted octanol–water partition coefficient (Wildman–Crippen LogP) is 0.857. The van der Waals surface area contributed by atoms with E-state index in [1.54, 1.807) is 0 Å². The van der Waals surface area contributed by atoms with Gasteiger partial charge < -0.3 is 21.1 Å². The molecule has 0 unspecified atom stereocenters. The minimum atomic E-state index is -0.462. The van der Waals surface area contributed by atoms with Crippen molar-refractivity contribution in [3.63, 3.8) is 0 Å². The van der Waals surface area contributed by atoms with E-state index in [2.05, 4.69) is 34.3 Å². The lowest BCUT2D eigenvalue weighted by molar-refractivity contribution is -0.125. The van der Waals surface area contributed by atoms with Crippen molar-refractivity contribution < 1.29 is 14.7 Å². The second-order valence-corrected chi connectivity index (χ2v) is 8.94. The zero-order valence-electron chi connectivity index (χ0n) is 18.1. The Balaban J connectivity index is 1.72. The van der Waals surface area contributed by atoms with Crippen LogP contribution in [0.5, 0.6) is 0 Å². The van der Waals surface area contributed by atoms with Crippen LogP contribution < -0.4 is 11.1 Å². The first kappa shape index (κ1) is 22.7. The van der Waals surface area contributed by atoms with Crippen molar-refractivity contribution in [3.8, 4) is 0 Å². The summed E-state index contributed by atoms with van der Waals surface area (Å²) in [5.74, 6) is -0.611. The van der Waals surface area contributed by atoms with Gasteiger partial charge in [0.25, 0.3) is 0 Å². The molecule has 30 heavy (non-hydrogen) atoms. The molecule has 1 heterocycles. The number of nitrogens with zero attached hydrogens (tertiary/aromatic N) is 2. The van der Waals surface area contributed by atoms with Gasteiger partial charge in [-0.15, -0.1) is 0 Å². The van der Waals surface area contributed by atoms with Crippen LogP contribution in [0.4, 0.5) is 0 Å². The zero-order chi connectivity index (χ0) is 21.6. The highest BCUT2D eigenvalue weighted by atomic mass is 16.3. The van der Waals surface area contributed by atoms with Crippen molar-refractivity contribution in [2.45, 2.75) is 56.1 Å². The van der Waals surface area contributed by atoms with Gasteiger partial charge in [0.1, 0.15) is 0 Å². The van der Waals surface area contributed by atoms with Crippen LogP contribution in [0.2, 0.25) is 0 Å². The highest BCUT2D eigenvalue weighted by Gasteiger charge is 2.40. The first-order valence-electron chi connectivity index (χ1n) is 11.1. The maximum atomic E-state index is 12.3. The van der Waals surface area contributed by atoms with E-state index in [0.29, 0.717) is 13.0 Å². The van der Waals surface area contributed by atoms with Gasteiger partial charge in [-0.25, -0.2) is 0 Å². The van der Waals surface area contributed by atoms with Crippen LogP contribution in [0.25, 0.3) is 0 Å². The molecule has 0 spiro atoms. The lowest BCUT2D eigenvalue weighted by Crippen LogP contribution is -2.52. The molecule has 0 bridgehead atoms.